The zero-order valence-electron chi connectivity index (χ0n) is 18.0. The zero-order valence-corrected chi connectivity index (χ0v) is 18.0. The number of nitrogens with zero attached hydrogens (tertiary/aromatic N) is 2. The van der Waals surface area contributed by atoms with E-state index in [1.165, 1.54) is 70.6 Å². The number of allylic oxidation sites excluding steroid dienone is 2. The summed E-state index contributed by atoms with van der Waals surface area (Å²) in [5.74, 6) is -0.153. The molecular weight excluding hydrogens is 352 g/mol. The number of carbonyl (C=O) groups is 1. The molecule has 0 spiro atoms. The van der Waals surface area contributed by atoms with Crippen molar-refractivity contribution in [2.45, 2.75) is 96.8 Å². The molecule has 0 saturated carbocycles. The summed E-state index contributed by atoms with van der Waals surface area (Å²) < 4.78 is 5.09. The number of rotatable bonds is 20. The Morgan fingerprint density at radius 1 is 0.857 bits per heavy atom. The van der Waals surface area contributed by atoms with Crippen LogP contribution in [-0.2, 0) is 9.53 Å². The molecule has 0 unspecified atom stereocenters. The molecule has 1 N–H and O–H groups in total. The van der Waals surface area contributed by atoms with E-state index in [-0.39, 0.29) is 19.2 Å². The average molecular weight is 395 g/mol. The van der Waals surface area contributed by atoms with E-state index in [1.54, 1.807) is 0 Å². The molecule has 0 aliphatic rings. The summed E-state index contributed by atoms with van der Waals surface area (Å²) in [5, 5.41) is 8.52. The Bertz CT molecular complexity index is 430. The fraction of sp³-hybridized carbons (Fsp3) is 0.826. The third-order valence-electron chi connectivity index (χ3n) is 4.46. The predicted molar refractivity (Wildman–Crippen MR) is 117 cm³/mol. The quantitative estimate of drug-likeness (QED) is 0.124. The number of aliphatic imine (C=N–C) groups is 2. The number of aliphatic hydroxyl groups is 1. The van der Waals surface area contributed by atoms with Crippen molar-refractivity contribution < 1.29 is 14.6 Å². The van der Waals surface area contributed by atoms with Crippen molar-refractivity contribution in [2.24, 2.45) is 9.98 Å². The van der Waals surface area contributed by atoms with Gasteiger partial charge in [-0.15, -0.1) is 0 Å². The van der Waals surface area contributed by atoms with E-state index in [1.807, 2.05) is 0 Å². The second-order valence-corrected chi connectivity index (χ2v) is 7.14. The lowest BCUT2D eigenvalue weighted by atomic mass is 10.1. The van der Waals surface area contributed by atoms with Gasteiger partial charge < -0.3 is 9.84 Å². The Labute approximate surface area is 172 Å². The van der Waals surface area contributed by atoms with Crippen molar-refractivity contribution in [3.63, 3.8) is 0 Å². The molecule has 0 heterocycles. The summed E-state index contributed by atoms with van der Waals surface area (Å²) in [6.45, 7) is 3.19. The highest BCUT2D eigenvalue weighted by Crippen LogP contribution is 2.10. The van der Waals surface area contributed by atoms with Crippen molar-refractivity contribution in [1.29, 1.82) is 0 Å². The average Bonchev–Trinajstić information content (AvgIpc) is 2.70. The van der Waals surface area contributed by atoms with E-state index < -0.39 is 0 Å². The third kappa shape index (κ3) is 22.6. The van der Waals surface area contributed by atoms with Gasteiger partial charge in [0.2, 0.25) is 0 Å². The summed E-state index contributed by atoms with van der Waals surface area (Å²) in [6, 6.07) is 2.45. The second kappa shape index (κ2) is 23.6. The number of carbonyl (C=O) groups excluding carboxylic acids is 1. The monoisotopic (exact) mass is 394 g/mol. The van der Waals surface area contributed by atoms with Gasteiger partial charge in [-0.05, 0) is 32.1 Å². The highest BCUT2D eigenvalue weighted by Gasteiger charge is 2.01. The third-order valence-corrected chi connectivity index (χ3v) is 4.46. The lowest BCUT2D eigenvalue weighted by Gasteiger charge is -2.02. The van der Waals surface area contributed by atoms with Gasteiger partial charge in [-0.1, -0.05) is 70.4 Å². The molecule has 0 saturated heterocycles. The first kappa shape index (κ1) is 26.6. The molecule has 162 valence electrons. The fourth-order valence-electron chi connectivity index (χ4n) is 2.82. The Hall–Kier alpha value is -1.45. The van der Waals surface area contributed by atoms with E-state index >= 15 is 0 Å². The topological polar surface area (TPSA) is 71.2 Å². The molecule has 0 aromatic heterocycles. The number of hydrogen-bond donors (Lipinski definition) is 1. The maximum absolute atomic E-state index is 11.6. The van der Waals surface area contributed by atoms with Crippen molar-refractivity contribution >= 4 is 12.0 Å². The molecule has 0 aliphatic carbocycles. The van der Waals surface area contributed by atoms with Crippen LogP contribution in [-0.4, -0.2) is 43.4 Å². The van der Waals surface area contributed by atoms with Crippen molar-refractivity contribution in [2.75, 3.05) is 26.3 Å². The second-order valence-electron chi connectivity index (χ2n) is 7.14. The smallest absolute Gasteiger partial charge is 0.305 e. The molecule has 0 fully saturated rings. The maximum atomic E-state index is 11.6. The van der Waals surface area contributed by atoms with Crippen LogP contribution < -0.4 is 0 Å². The molecule has 0 aromatic rings. The highest BCUT2D eigenvalue weighted by atomic mass is 16.5. The molecule has 0 radical (unpaired) electrons. The largest absolute Gasteiger partial charge is 0.464 e. The van der Waals surface area contributed by atoms with Gasteiger partial charge in [0.1, 0.15) is 6.61 Å². The highest BCUT2D eigenvalue weighted by molar-refractivity contribution is 5.69. The summed E-state index contributed by atoms with van der Waals surface area (Å²) >= 11 is 0. The first-order chi connectivity index (χ1) is 13.8. The van der Waals surface area contributed by atoms with Crippen molar-refractivity contribution in [3.8, 4) is 0 Å². The minimum atomic E-state index is -0.153. The number of hydrogen-bond acceptors (Lipinski definition) is 5. The number of esters is 1. The first-order valence-corrected chi connectivity index (χ1v) is 11.3. The minimum absolute atomic E-state index is 0.00649. The zero-order chi connectivity index (χ0) is 20.5. The van der Waals surface area contributed by atoms with Crippen LogP contribution in [0.2, 0.25) is 0 Å². The standard InChI is InChI=1S/C23H42N2O3/c1-2-3-4-5-6-7-8-9-10-11-12-13-14-15-16-17-23(27)28-21-19-25-22-24-18-20-26/h9-10,26H,2-8,11-21H2,1H3/b10-9+. The summed E-state index contributed by atoms with van der Waals surface area (Å²) in [5.41, 5.74) is 0. The van der Waals surface area contributed by atoms with Crippen LogP contribution in [0.5, 0.6) is 0 Å². The van der Waals surface area contributed by atoms with Crippen LogP contribution in [0.4, 0.5) is 0 Å². The Kier molecular flexibility index (Phi) is 22.4. The maximum Gasteiger partial charge on any atom is 0.305 e. The van der Waals surface area contributed by atoms with Gasteiger partial charge in [0.25, 0.3) is 0 Å². The van der Waals surface area contributed by atoms with Gasteiger partial charge >= 0.3 is 5.97 Å². The molecule has 0 atom stereocenters. The fourth-order valence-corrected chi connectivity index (χ4v) is 2.82. The summed E-state index contributed by atoms with van der Waals surface area (Å²) in [4.78, 5) is 19.1. The number of ether oxygens (including phenoxy) is 1. The molecule has 0 bridgehead atoms. The van der Waals surface area contributed by atoms with Gasteiger partial charge in [-0.25, -0.2) is 9.98 Å². The molecule has 0 amide bonds. The van der Waals surface area contributed by atoms with Crippen molar-refractivity contribution in [1.82, 2.24) is 0 Å². The molecule has 0 aromatic carbocycles. The van der Waals surface area contributed by atoms with Crippen LogP contribution in [0, 0.1) is 0 Å². The van der Waals surface area contributed by atoms with E-state index in [0.717, 1.165) is 12.8 Å². The van der Waals surface area contributed by atoms with Gasteiger partial charge in [-0.2, -0.15) is 0 Å². The van der Waals surface area contributed by atoms with Crippen LogP contribution in [0.3, 0.4) is 0 Å². The SMILES string of the molecule is CCCCCCCC/C=C/CCCCCCCC(=O)OCCN=C=NCCO. The van der Waals surface area contributed by atoms with Crippen LogP contribution in [0.25, 0.3) is 0 Å². The van der Waals surface area contributed by atoms with Gasteiger partial charge in [-0.3, -0.25) is 4.79 Å². The van der Waals surface area contributed by atoms with Crippen LogP contribution >= 0.6 is 0 Å². The lowest BCUT2D eigenvalue weighted by Crippen LogP contribution is -2.07. The van der Waals surface area contributed by atoms with E-state index in [2.05, 4.69) is 35.1 Å². The predicted octanol–water partition coefficient (Wildman–Crippen LogP) is 5.73. The molecule has 0 rings (SSSR count). The lowest BCUT2D eigenvalue weighted by molar-refractivity contribution is -0.143. The Morgan fingerprint density at radius 2 is 1.43 bits per heavy atom. The molecule has 5 nitrogen and oxygen atoms in total. The van der Waals surface area contributed by atoms with E-state index in [0.29, 0.717) is 19.5 Å². The van der Waals surface area contributed by atoms with Crippen LogP contribution in [0.15, 0.2) is 22.1 Å². The Morgan fingerprint density at radius 3 is 2.07 bits per heavy atom. The van der Waals surface area contributed by atoms with Gasteiger partial charge in [0, 0.05) is 6.42 Å². The molecule has 0 aliphatic heterocycles. The molecule has 5 heteroatoms. The van der Waals surface area contributed by atoms with Crippen LogP contribution in [0.1, 0.15) is 96.8 Å². The van der Waals surface area contributed by atoms with E-state index in [9.17, 15) is 4.79 Å². The van der Waals surface area contributed by atoms with E-state index in [4.69, 9.17) is 9.84 Å². The van der Waals surface area contributed by atoms with Gasteiger partial charge in [0.05, 0.1) is 25.7 Å². The first-order valence-electron chi connectivity index (χ1n) is 11.3. The Balaban J connectivity index is 3.28. The minimum Gasteiger partial charge on any atom is -0.464 e. The molecule has 28 heavy (non-hydrogen) atoms. The van der Waals surface area contributed by atoms with Gasteiger partial charge in [0.15, 0.2) is 0 Å². The van der Waals surface area contributed by atoms with Crippen molar-refractivity contribution in [3.05, 3.63) is 12.2 Å². The molecular formula is C23H42N2O3. The number of aliphatic hydroxyl groups excluding tert-OH is 1. The summed E-state index contributed by atoms with van der Waals surface area (Å²) in [7, 11) is 0. The summed E-state index contributed by atoms with van der Waals surface area (Å²) in [6.07, 6.45) is 21.4. The normalized spacial score (nSPS) is 10.8. The number of unbranched alkanes of at least 4 members (excludes halogenated alkanes) is 11.